The number of alkyl carbamates (subject to hydrolysis) is 1. The molecule has 2 fully saturated rings. The van der Waals surface area contributed by atoms with Crippen molar-refractivity contribution in [3.8, 4) is 0 Å². The van der Waals surface area contributed by atoms with Crippen LogP contribution in [0, 0.1) is 5.41 Å². The molecule has 3 atom stereocenters. The molecule has 1 spiro atoms. The van der Waals surface area contributed by atoms with Crippen molar-refractivity contribution in [1.29, 1.82) is 0 Å². The molecule has 4 heterocycles. The van der Waals surface area contributed by atoms with E-state index in [9.17, 15) is 9.59 Å². The standard InChI is InChI=1S/C31H40ClN5O5S/c1-19(40-6)17-37-12-9-21-7-8-22(26(32)25(21)28(37)38)43-24-16-33-23(15-34-24)36-13-10-31(11-14-36)18-41-20(2)27(31)35-29(39)42-30(3,4)5/h7-9,12,15-16,19-20,27H,10-11,13-14,17-18H2,1-6H3,(H,35,39)/t19?,20-,27+/m0/s1. The first-order valence-corrected chi connectivity index (χ1v) is 15.8. The van der Waals surface area contributed by atoms with Crippen LogP contribution in [0.5, 0.6) is 0 Å². The molecule has 0 aliphatic carbocycles. The number of carbonyl (C=O) groups is 1. The molecule has 2 aliphatic heterocycles. The number of ether oxygens (including phenoxy) is 3. The Kier molecular flexibility index (Phi) is 9.27. The number of pyridine rings is 1. The number of fused-ring (bicyclic) bond motifs is 1. The smallest absolute Gasteiger partial charge is 0.407 e. The van der Waals surface area contributed by atoms with Gasteiger partial charge in [0.1, 0.15) is 16.4 Å². The predicted octanol–water partition coefficient (Wildman–Crippen LogP) is 5.53. The van der Waals surface area contributed by atoms with Crippen molar-refractivity contribution in [2.45, 2.75) is 87.8 Å². The quantitative estimate of drug-likeness (QED) is 0.361. The van der Waals surface area contributed by atoms with Gasteiger partial charge < -0.3 is 29.0 Å². The monoisotopic (exact) mass is 629 g/mol. The van der Waals surface area contributed by atoms with E-state index in [0.29, 0.717) is 28.6 Å². The highest BCUT2D eigenvalue weighted by atomic mass is 35.5. The van der Waals surface area contributed by atoms with E-state index in [-0.39, 0.29) is 29.2 Å². The number of nitrogens with one attached hydrogen (secondary N) is 1. The van der Waals surface area contributed by atoms with Crippen LogP contribution in [0.1, 0.15) is 47.5 Å². The zero-order valence-electron chi connectivity index (χ0n) is 25.6. The number of rotatable bonds is 7. The van der Waals surface area contributed by atoms with Gasteiger partial charge in [-0.05, 0) is 65.0 Å². The topological polar surface area (TPSA) is 108 Å². The van der Waals surface area contributed by atoms with Crippen LogP contribution in [0.25, 0.3) is 10.8 Å². The summed E-state index contributed by atoms with van der Waals surface area (Å²) in [7, 11) is 1.62. The van der Waals surface area contributed by atoms with E-state index >= 15 is 0 Å². The summed E-state index contributed by atoms with van der Waals surface area (Å²) in [5.74, 6) is 0.794. The Morgan fingerprint density at radius 1 is 1.23 bits per heavy atom. The van der Waals surface area contributed by atoms with Crippen molar-refractivity contribution >= 4 is 46.0 Å². The Bertz CT molecular complexity index is 1520. The maximum atomic E-state index is 13.2. The lowest BCUT2D eigenvalue weighted by Gasteiger charge is -2.42. The van der Waals surface area contributed by atoms with Crippen molar-refractivity contribution in [2.24, 2.45) is 5.41 Å². The van der Waals surface area contributed by atoms with Crippen LogP contribution >= 0.6 is 23.4 Å². The average molecular weight is 630 g/mol. The van der Waals surface area contributed by atoms with Gasteiger partial charge in [-0.1, -0.05) is 29.4 Å². The molecule has 43 heavy (non-hydrogen) atoms. The molecule has 1 amide bonds. The van der Waals surface area contributed by atoms with Crippen molar-refractivity contribution in [2.75, 3.05) is 31.7 Å². The summed E-state index contributed by atoms with van der Waals surface area (Å²) < 4.78 is 18.5. The summed E-state index contributed by atoms with van der Waals surface area (Å²) in [6.07, 6.45) is 6.39. The lowest BCUT2D eigenvalue weighted by atomic mass is 9.73. The Hall–Kier alpha value is -2.86. The third kappa shape index (κ3) is 6.95. The minimum absolute atomic E-state index is 0.0890. The fourth-order valence-electron chi connectivity index (χ4n) is 5.84. The first kappa shape index (κ1) is 31.6. The summed E-state index contributed by atoms with van der Waals surface area (Å²) in [6.45, 7) is 12.1. The van der Waals surface area contributed by atoms with Gasteiger partial charge in [0.25, 0.3) is 5.56 Å². The Labute approximate surface area is 261 Å². The normalized spacial score (nSPS) is 20.9. The van der Waals surface area contributed by atoms with E-state index in [0.717, 1.165) is 42.0 Å². The van der Waals surface area contributed by atoms with E-state index in [1.807, 2.05) is 52.8 Å². The first-order valence-electron chi connectivity index (χ1n) is 14.6. The van der Waals surface area contributed by atoms with Crippen LogP contribution in [0.3, 0.4) is 0 Å². The Morgan fingerprint density at radius 3 is 2.63 bits per heavy atom. The van der Waals surface area contributed by atoms with E-state index in [2.05, 4.69) is 15.2 Å². The third-order valence-electron chi connectivity index (χ3n) is 8.25. The Morgan fingerprint density at radius 2 is 1.98 bits per heavy atom. The van der Waals surface area contributed by atoms with Gasteiger partial charge in [-0.25, -0.2) is 14.8 Å². The minimum atomic E-state index is -0.559. The third-order valence-corrected chi connectivity index (χ3v) is 9.74. The van der Waals surface area contributed by atoms with Crippen LogP contribution in [-0.4, -0.2) is 71.3 Å². The van der Waals surface area contributed by atoms with Crippen molar-refractivity contribution in [1.82, 2.24) is 19.9 Å². The van der Waals surface area contributed by atoms with Gasteiger partial charge in [0.2, 0.25) is 0 Å². The molecule has 1 unspecified atom stereocenters. The summed E-state index contributed by atoms with van der Waals surface area (Å²) in [5, 5.41) is 5.45. The summed E-state index contributed by atoms with van der Waals surface area (Å²) in [6, 6.07) is 5.58. The second-order valence-electron chi connectivity index (χ2n) is 12.5. The molecular weight excluding hydrogens is 590 g/mol. The van der Waals surface area contributed by atoms with Crippen molar-refractivity contribution in [3.05, 3.63) is 52.2 Å². The first-order chi connectivity index (χ1) is 20.4. The average Bonchev–Trinajstić information content (AvgIpc) is 3.25. The highest BCUT2D eigenvalue weighted by Gasteiger charge is 2.50. The molecule has 3 aromatic rings. The van der Waals surface area contributed by atoms with Gasteiger partial charge in [-0.2, -0.15) is 0 Å². The number of aromatic nitrogens is 3. The minimum Gasteiger partial charge on any atom is -0.444 e. The molecule has 2 saturated heterocycles. The van der Waals surface area contributed by atoms with E-state index in [4.69, 9.17) is 30.8 Å². The van der Waals surface area contributed by atoms with E-state index in [1.165, 1.54) is 11.8 Å². The highest BCUT2D eigenvalue weighted by molar-refractivity contribution is 7.99. The number of nitrogens with zero attached hydrogens (tertiary/aromatic N) is 4. The molecule has 0 saturated carbocycles. The molecule has 12 heteroatoms. The highest BCUT2D eigenvalue weighted by Crippen LogP contribution is 2.43. The molecule has 232 valence electrons. The Balaban J connectivity index is 1.25. The molecule has 0 bridgehead atoms. The predicted molar refractivity (Wildman–Crippen MR) is 168 cm³/mol. The van der Waals surface area contributed by atoms with Gasteiger partial charge in [-0.3, -0.25) is 4.79 Å². The number of benzene rings is 1. The number of anilines is 1. The summed E-state index contributed by atoms with van der Waals surface area (Å²) in [5.41, 5.74) is -0.858. The fourth-order valence-corrected chi connectivity index (χ4v) is 6.98. The largest absolute Gasteiger partial charge is 0.444 e. The molecule has 2 aliphatic rings. The van der Waals surface area contributed by atoms with Gasteiger partial charge in [0.05, 0.1) is 54.2 Å². The van der Waals surface area contributed by atoms with Gasteiger partial charge in [0, 0.05) is 36.7 Å². The SMILES string of the molecule is COC(C)Cn1ccc2ccc(Sc3cnc(N4CCC5(CC4)CO[C@@H](C)[C@H]5NC(=O)OC(C)(C)C)cn3)c(Cl)c2c1=O. The lowest BCUT2D eigenvalue weighted by molar-refractivity contribution is 0.0434. The number of hydrogen-bond acceptors (Lipinski definition) is 9. The van der Waals surface area contributed by atoms with E-state index in [1.54, 1.807) is 30.3 Å². The zero-order chi connectivity index (χ0) is 30.9. The summed E-state index contributed by atoms with van der Waals surface area (Å²) in [4.78, 5) is 38.1. The summed E-state index contributed by atoms with van der Waals surface area (Å²) >= 11 is 8.15. The fraction of sp³-hybridized carbons (Fsp3) is 0.548. The molecule has 10 nitrogen and oxygen atoms in total. The van der Waals surface area contributed by atoms with Crippen LogP contribution in [-0.2, 0) is 20.8 Å². The second-order valence-corrected chi connectivity index (χ2v) is 13.9. The second kappa shape index (κ2) is 12.6. The molecular formula is C31H40ClN5O5S. The number of methoxy groups -OCH3 is 1. The van der Waals surface area contributed by atoms with Gasteiger partial charge in [-0.15, -0.1) is 0 Å². The molecule has 5 rings (SSSR count). The van der Waals surface area contributed by atoms with Crippen molar-refractivity contribution in [3.63, 3.8) is 0 Å². The number of hydrogen-bond donors (Lipinski definition) is 1. The number of halogens is 1. The number of amides is 1. The van der Waals surface area contributed by atoms with Crippen molar-refractivity contribution < 1.29 is 19.0 Å². The van der Waals surface area contributed by atoms with Gasteiger partial charge in [0.15, 0.2) is 0 Å². The molecule has 1 N–H and O–H groups in total. The van der Waals surface area contributed by atoms with Crippen LogP contribution in [0.15, 0.2) is 51.5 Å². The number of carbonyl (C=O) groups excluding carboxylic acids is 1. The van der Waals surface area contributed by atoms with Crippen LogP contribution in [0.4, 0.5) is 10.6 Å². The maximum absolute atomic E-state index is 13.2. The lowest BCUT2D eigenvalue weighted by Crippen LogP contribution is -2.55. The molecule has 0 radical (unpaired) electrons. The van der Waals surface area contributed by atoms with Crippen LogP contribution in [0.2, 0.25) is 5.02 Å². The van der Waals surface area contributed by atoms with Crippen LogP contribution < -0.4 is 15.8 Å². The maximum Gasteiger partial charge on any atom is 0.407 e. The molecule has 2 aromatic heterocycles. The van der Waals surface area contributed by atoms with E-state index < -0.39 is 11.7 Å². The molecule has 1 aromatic carbocycles. The number of piperidine rings is 1. The van der Waals surface area contributed by atoms with Gasteiger partial charge >= 0.3 is 6.09 Å². The zero-order valence-corrected chi connectivity index (χ0v) is 27.1.